The standard InChI is InChI=1S/C21H30ClN5O2.HI/c1-3-28-12-11-21(9-4-5-10-21)15-25-20(23-2)24-14-18-26-19(27-29-18)16-7-6-8-17(22)13-16;/h6-8,13H,3-5,9-12,14-15H2,1-2H3,(H2,23,24,25);1H. The van der Waals surface area contributed by atoms with Gasteiger partial charge in [-0.25, -0.2) is 0 Å². The first-order chi connectivity index (χ1) is 14.1. The first-order valence-electron chi connectivity index (χ1n) is 10.2. The van der Waals surface area contributed by atoms with Gasteiger partial charge in [-0.05, 0) is 43.7 Å². The molecule has 0 saturated heterocycles. The van der Waals surface area contributed by atoms with Gasteiger partial charge in [0, 0.05) is 37.4 Å². The van der Waals surface area contributed by atoms with Crippen LogP contribution < -0.4 is 10.6 Å². The lowest BCUT2D eigenvalue weighted by Crippen LogP contribution is -2.43. The Labute approximate surface area is 200 Å². The van der Waals surface area contributed by atoms with Crippen LogP contribution in [0.2, 0.25) is 5.02 Å². The lowest BCUT2D eigenvalue weighted by atomic mass is 9.83. The maximum Gasteiger partial charge on any atom is 0.246 e. The molecule has 7 nitrogen and oxygen atoms in total. The number of nitrogens with zero attached hydrogens (tertiary/aromatic N) is 3. The highest BCUT2D eigenvalue weighted by atomic mass is 127. The van der Waals surface area contributed by atoms with Crippen molar-refractivity contribution in [1.82, 2.24) is 20.8 Å². The van der Waals surface area contributed by atoms with Crippen molar-refractivity contribution in [1.29, 1.82) is 0 Å². The number of aliphatic imine (C=N–C) groups is 1. The minimum atomic E-state index is 0. The Morgan fingerprint density at radius 3 is 2.80 bits per heavy atom. The molecule has 1 heterocycles. The third-order valence-electron chi connectivity index (χ3n) is 5.46. The molecule has 9 heteroatoms. The van der Waals surface area contributed by atoms with E-state index in [9.17, 15) is 0 Å². The van der Waals surface area contributed by atoms with E-state index in [-0.39, 0.29) is 29.4 Å². The van der Waals surface area contributed by atoms with Gasteiger partial charge in [0.2, 0.25) is 11.7 Å². The predicted molar refractivity (Wildman–Crippen MR) is 130 cm³/mol. The van der Waals surface area contributed by atoms with Crippen LogP contribution >= 0.6 is 35.6 Å². The van der Waals surface area contributed by atoms with Gasteiger partial charge in [0.1, 0.15) is 0 Å². The van der Waals surface area contributed by atoms with Crippen molar-refractivity contribution >= 4 is 41.5 Å². The second-order valence-electron chi connectivity index (χ2n) is 7.46. The number of benzene rings is 1. The molecule has 3 rings (SSSR count). The largest absolute Gasteiger partial charge is 0.382 e. The van der Waals surface area contributed by atoms with E-state index in [2.05, 4.69) is 25.8 Å². The summed E-state index contributed by atoms with van der Waals surface area (Å²) in [5, 5.41) is 11.4. The van der Waals surface area contributed by atoms with Gasteiger partial charge in [-0.3, -0.25) is 4.99 Å². The quantitative estimate of drug-likeness (QED) is 0.206. The zero-order chi connectivity index (χ0) is 20.5. The third-order valence-corrected chi connectivity index (χ3v) is 5.69. The van der Waals surface area contributed by atoms with Gasteiger partial charge in [-0.2, -0.15) is 4.98 Å². The average molecular weight is 548 g/mol. The van der Waals surface area contributed by atoms with E-state index in [1.165, 1.54) is 25.7 Å². The Morgan fingerprint density at radius 1 is 1.30 bits per heavy atom. The molecule has 30 heavy (non-hydrogen) atoms. The molecular weight excluding hydrogens is 517 g/mol. The van der Waals surface area contributed by atoms with Crippen LogP contribution in [0.4, 0.5) is 0 Å². The molecule has 1 aliphatic rings. The van der Waals surface area contributed by atoms with Crippen LogP contribution in [0.25, 0.3) is 11.4 Å². The van der Waals surface area contributed by atoms with Crippen molar-refractivity contribution < 1.29 is 9.26 Å². The second kappa shape index (κ2) is 12.5. The van der Waals surface area contributed by atoms with Crippen LogP contribution in [0.15, 0.2) is 33.8 Å². The van der Waals surface area contributed by atoms with Gasteiger partial charge in [0.25, 0.3) is 0 Å². The summed E-state index contributed by atoms with van der Waals surface area (Å²) in [6, 6.07) is 7.39. The molecule has 0 bridgehead atoms. The molecule has 1 aliphatic carbocycles. The summed E-state index contributed by atoms with van der Waals surface area (Å²) < 4.78 is 10.9. The first kappa shape index (κ1) is 24.9. The van der Waals surface area contributed by atoms with E-state index in [1.54, 1.807) is 7.05 Å². The fourth-order valence-electron chi connectivity index (χ4n) is 3.80. The highest BCUT2D eigenvalue weighted by Gasteiger charge is 2.33. The molecule has 1 saturated carbocycles. The number of nitrogens with one attached hydrogen (secondary N) is 2. The molecule has 0 unspecified atom stereocenters. The molecule has 0 atom stereocenters. The van der Waals surface area contributed by atoms with E-state index in [0.717, 1.165) is 37.7 Å². The van der Waals surface area contributed by atoms with E-state index in [0.29, 0.717) is 23.3 Å². The van der Waals surface area contributed by atoms with Crippen molar-refractivity contribution in [3.05, 3.63) is 35.2 Å². The number of ether oxygens (including phenoxy) is 1. The summed E-state index contributed by atoms with van der Waals surface area (Å²) in [7, 11) is 1.77. The predicted octanol–water partition coefficient (Wildman–Crippen LogP) is 4.66. The fraction of sp³-hybridized carbons (Fsp3) is 0.571. The highest BCUT2D eigenvalue weighted by molar-refractivity contribution is 14.0. The van der Waals surface area contributed by atoms with Crippen molar-refractivity contribution in [2.24, 2.45) is 10.4 Å². The van der Waals surface area contributed by atoms with Crippen LogP contribution in [0.5, 0.6) is 0 Å². The number of halogens is 2. The van der Waals surface area contributed by atoms with Crippen LogP contribution in [0.3, 0.4) is 0 Å². The fourth-order valence-corrected chi connectivity index (χ4v) is 3.99. The lowest BCUT2D eigenvalue weighted by molar-refractivity contribution is 0.105. The molecule has 0 radical (unpaired) electrons. The minimum absolute atomic E-state index is 0. The van der Waals surface area contributed by atoms with Crippen LogP contribution in [-0.4, -0.2) is 42.9 Å². The zero-order valence-electron chi connectivity index (χ0n) is 17.6. The molecular formula is C21H31ClIN5O2. The monoisotopic (exact) mass is 547 g/mol. The maximum absolute atomic E-state index is 6.03. The Balaban J connectivity index is 0.00000320. The summed E-state index contributed by atoms with van der Waals surface area (Å²) in [4.78, 5) is 8.75. The zero-order valence-corrected chi connectivity index (χ0v) is 20.7. The van der Waals surface area contributed by atoms with E-state index < -0.39 is 0 Å². The van der Waals surface area contributed by atoms with Crippen molar-refractivity contribution in [2.45, 2.75) is 45.6 Å². The smallest absolute Gasteiger partial charge is 0.246 e. The molecule has 1 aromatic heterocycles. The second-order valence-corrected chi connectivity index (χ2v) is 7.89. The Morgan fingerprint density at radius 2 is 2.10 bits per heavy atom. The lowest BCUT2D eigenvalue weighted by Gasteiger charge is -2.30. The molecule has 1 aromatic carbocycles. The Hall–Kier alpha value is -1.39. The Kier molecular flexibility index (Phi) is 10.3. The van der Waals surface area contributed by atoms with E-state index in [1.807, 2.05) is 31.2 Å². The maximum atomic E-state index is 6.03. The van der Waals surface area contributed by atoms with E-state index in [4.69, 9.17) is 20.9 Å². The van der Waals surface area contributed by atoms with E-state index >= 15 is 0 Å². The summed E-state index contributed by atoms with van der Waals surface area (Å²) in [6.07, 6.45) is 6.12. The van der Waals surface area contributed by atoms with Crippen molar-refractivity contribution in [3.8, 4) is 11.4 Å². The molecule has 1 fully saturated rings. The van der Waals surface area contributed by atoms with Crippen molar-refractivity contribution in [2.75, 3.05) is 26.8 Å². The van der Waals surface area contributed by atoms with Gasteiger partial charge >= 0.3 is 0 Å². The molecule has 0 spiro atoms. The van der Waals surface area contributed by atoms with Crippen molar-refractivity contribution in [3.63, 3.8) is 0 Å². The van der Waals surface area contributed by atoms with Gasteiger partial charge in [-0.15, -0.1) is 24.0 Å². The Bertz CT molecular complexity index is 808. The minimum Gasteiger partial charge on any atom is -0.382 e. The van der Waals surface area contributed by atoms with Gasteiger partial charge in [0.15, 0.2) is 5.96 Å². The summed E-state index contributed by atoms with van der Waals surface area (Å²) in [6.45, 7) is 4.92. The summed E-state index contributed by atoms with van der Waals surface area (Å²) in [5.74, 6) is 1.75. The van der Waals surface area contributed by atoms with Crippen LogP contribution in [-0.2, 0) is 11.3 Å². The number of rotatable bonds is 9. The van der Waals surface area contributed by atoms with Crippen LogP contribution in [0.1, 0.15) is 44.9 Å². The van der Waals surface area contributed by atoms with Crippen LogP contribution in [0, 0.1) is 5.41 Å². The van der Waals surface area contributed by atoms with Gasteiger partial charge in [0.05, 0.1) is 6.54 Å². The number of aromatic nitrogens is 2. The molecule has 166 valence electrons. The highest BCUT2D eigenvalue weighted by Crippen LogP contribution is 2.40. The average Bonchev–Trinajstić information content (AvgIpc) is 3.39. The summed E-state index contributed by atoms with van der Waals surface area (Å²) >= 11 is 6.03. The number of guanidine groups is 1. The third kappa shape index (κ3) is 7.09. The normalized spacial score (nSPS) is 15.6. The van der Waals surface area contributed by atoms with Gasteiger partial charge < -0.3 is 19.9 Å². The topological polar surface area (TPSA) is 84.6 Å². The van der Waals surface area contributed by atoms with Gasteiger partial charge in [-0.1, -0.05) is 41.7 Å². The molecule has 0 aliphatic heterocycles. The molecule has 2 aromatic rings. The first-order valence-corrected chi connectivity index (χ1v) is 10.6. The SMILES string of the molecule is CCOCCC1(CNC(=NC)NCc2nc(-c3cccc(Cl)c3)no2)CCCC1.I. The molecule has 0 amide bonds. The molecule has 2 N–H and O–H groups in total. The number of hydrogen-bond acceptors (Lipinski definition) is 5. The summed E-state index contributed by atoms with van der Waals surface area (Å²) in [5.41, 5.74) is 1.12. The number of hydrogen-bond donors (Lipinski definition) is 2.